The Balaban J connectivity index is 1.82. The van der Waals surface area contributed by atoms with Gasteiger partial charge in [0.25, 0.3) is 0 Å². The number of ether oxygens (including phenoxy) is 2. The van der Waals surface area contributed by atoms with Gasteiger partial charge in [0, 0.05) is 19.0 Å². The highest BCUT2D eigenvalue weighted by Gasteiger charge is 2.08. The fourth-order valence-corrected chi connectivity index (χ4v) is 2.24. The number of anilines is 2. The molecule has 0 saturated heterocycles. The molecule has 25 heavy (non-hydrogen) atoms. The highest BCUT2D eigenvalue weighted by Crippen LogP contribution is 2.27. The van der Waals surface area contributed by atoms with Crippen LogP contribution in [0.1, 0.15) is 19.8 Å². The second-order valence-electron chi connectivity index (χ2n) is 5.41. The van der Waals surface area contributed by atoms with Gasteiger partial charge in [-0.1, -0.05) is 18.2 Å². The SMILES string of the molecule is COc1ccc(NC(=O)CCCOc2ccccc2)cc1NC(C)=O. The van der Waals surface area contributed by atoms with Crippen molar-refractivity contribution in [2.24, 2.45) is 0 Å². The van der Waals surface area contributed by atoms with E-state index in [4.69, 9.17) is 9.47 Å². The summed E-state index contributed by atoms with van der Waals surface area (Å²) in [5.74, 6) is 0.998. The van der Waals surface area contributed by atoms with Crippen molar-refractivity contribution >= 4 is 23.2 Å². The standard InChI is InChI=1S/C19H22N2O4/c1-14(22)20-17-13-15(10-11-18(17)24-2)21-19(23)9-6-12-25-16-7-4-3-5-8-16/h3-5,7-8,10-11,13H,6,9,12H2,1-2H3,(H,20,22)(H,21,23). The van der Waals surface area contributed by atoms with Crippen molar-refractivity contribution < 1.29 is 19.1 Å². The summed E-state index contributed by atoms with van der Waals surface area (Å²) in [6, 6.07) is 14.6. The summed E-state index contributed by atoms with van der Waals surface area (Å²) in [6.45, 7) is 1.88. The van der Waals surface area contributed by atoms with Crippen LogP contribution in [0.5, 0.6) is 11.5 Å². The number of nitrogens with one attached hydrogen (secondary N) is 2. The lowest BCUT2D eigenvalue weighted by molar-refractivity contribution is -0.116. The number of rotatable bonds is 8. The molecule has 0 aliphatic heterocycles. The highest BCUT2D eigenvalue weighted by molar-refractivity contribution is 5.94. The third kappa shape index (κ3) is 6.18. The summed E-state index contributed by atoms with van der Waals surface area (Å²) >= 11 is 0. The zero-order valence-corrected chi connectivity index (χ0v) is 14.4. The van der Waals surface area contributed by atoms with Crippen LogP contribution in [0.3, 0.4) is 0 Å². The van der Waals surface area contributed by atoms with Crippen molar-refractivity contribution in [3.8, 4) is 11.5 Å². The molecule has 0 heterocycles. The molecule has 0 fully saturated rings. The molecule has 0 aliphatic carbocycles. The fraction of sp³-hybridized carbons (Fsp3) is 0.263. The number of carbonyl (C=O) groups is 2. The largest absolute Gasteiger partial charge is 0.495 e. The molecule has 0 bridgehead atoms. The summed E-state index contributed by atoms with van der Waals surface area (Å²) in [6.07, 6.45) is 0.948. The highest BCUT2D eigenvalue weighted by atomic mass is 16.5. The van der Waals surface area contributed by atoms with Crippen LogP contribution in [0.2, 0.25) is 0 Å². The average molecular weight is 342 g/mol. The van der Waals surface area contributed by atoms with Gasteiger partial charge in [-0.3, -0.25) is 9.59 Å². The smallest absolute Gasteiger partial charge is 0.224 e. The van der Waals surface area contributed by atoms with E-state index in [9.17, 15) is 9.59 Å². The van der Waals surface area contributed by atoms with Gasteiger partial charge >= 0.3 is 0 Å². The Bertz CT molecular complexity index is 717. The Morgan fingerprint density at radius 1 is 1.04 bits per heavy atom. The van der Waals surface area contributed by atoms with Gasteiger partial charge in [0.15, 0.2) is 0 Å². The first-order valence-electron chi connectivity index (χ1n) is 8.02. The number of para-hydroxylation sites is 1. The first kappa shape index (κ1) is 18.3. The van der Waals surface area contributed by atoms with Crippen LogP contribution in [-0.4, -0.2) is 25.5 Å². The van der Waals surface area contributed by atoms with E-state index < -0.39 is 0 Å². The van der Waals surface area contributed by atoms with Crippen molar-refractivity contribution in [3.05, 3.63) is 48.5 Å². The van der Waals surface area contributed by atoms with Gasteiger partial charge in [0.1, 0.15) is 11.5 Å². The average Bonchev–Trinajstić information content (AvgIpc) is 2.59. The number of carbonyl (C=O) groups excluding carboxylic acids is 2. The Morgan fingerprint density at radius 2 is 1.80 bits per heavy atom. The third-order valence-electron chi connectivity index (χ3n) is 3.35. The van der Waals surface area contributed by atoms with E-state index in [2.05, 4.69) is 10.6 Å². The minimum absolute atomic E-state index is 0.115. The molecule has 0 unspecified atom stereocenters. The van der Waals surface area contributed by atoms with Crippen LogP contribution in [0.15, 0.2) is 48.5 Å². The fourth-order valence-electron chi connectivity index (χ4n) is 2.24. The van der Waals surface area contributed by atoms with Crippen LogP contribution < -0.4 is 20.1 Å². The van der Waals surface area contributed by atoms with Crippen LogP contribution in [0, 0.1) is 0 Å². The van der Waals surface area contributed by atoms with Gasteiger partial charge in [0.05, 0.1) is 19.4 Å². The Hall–Kier alpha value is -3.02. The topological polar surface area (TPSA) is 76.7 Å². The molecule has 2 aromatic carbocycles. The normalized spacial score (nSPS) is 10.0. The van der Waals surface area contributed by atoms with Gasteiger partial charge < -0.3 is 20.1 Å². The second-order valence-corrected chi connectivity index (χ2v) is 5.41. The summed E-state index contributed by atoms with van der Waals surface area (Å²) in [7, 11) is 1.52. The molecular formula is C19H22N2O4. The van der Waals surface area contributed by atoms with Crippen molar-refractivity contribution in [3.63, 3.8) is 0 Å². The maximum atomic E-state index is 12.0. The van der Waals surface area contributed by atoms with E-state index in [1.807, 2.05) is 30.3 Å². The molecule has 2 amide bonds. The molecular weight excluding hydrogens is 320 g/mol. The molecule has 0 aliphatic rings. The number of hydrogen-bond donors (Lipinski definition) is 2. The van der Waals surface area contributed by atoms with Crippen molar-refractivity contribution in [1.29, 1.82) is 0 Å². The van der Waals surface area contributed by atoms with Crippen LogP contribution >= 0.6 is 0 Å². The molecule has 0 saturated carbocycles. The summed E-state index contributed by atoms with van der Waals surface area (Å²) in [4.78, 5) is 23.3. The Kier molecular flexibility index (Phi) is 6.83. The molecule has 2 N–H and O–H groups in total. The number of hydrogen-bond acceptors (Lipinski definition) is 4. The van der Waals surface area contributed by atoms with Crippen molar-refractivity contribution in [2.75, 3.05) is 24.4 Å². The van der Waals surface area contributed by atoms with Crippen molar-refractivity contribution in [2.45, 2.75) is 19.8 Å². The molecule has 0 spiro atoms. The molecule has 132 valence electrons. The Labute approximate surface area is 147 Å². The quantitative estimate of drug-likeness (QED) is 0.721. The minimum atomic E-state index is -0.208. The molecule has 2 aromatic rings. The van der Waals surface area contributed by atoms with Gasteiger partial charge in [0.2, 0.25) is 11.8 Å². The predicted molar refractivity (Wildman–Crippen MR) is 97.1 cm³/mol. The van der Waals surface area contributed by atoms with E-state index in [1.54, 1.807) is 18.2 Å². The Morgan fingerprint density at radius 3 is 2.48 bits per heavy atom. The van der Waals surface area contributed by atoms with Gasteiger partial charge in [-0.05, 0) is 36.8 Å². The lowest BCUT2D eigenvalue weighted by Gasteiger charge is -2.12. The van der Waals surface area contributed by atoms with Gasteiger partial charge in [-0.25, -0.2) is 0 Å². The summed E-state index contributed by atoms with van der Waals surface area (Å²) in [5, 5.41) is 5.48. The maximum Gasteiger partial charge on any atom is 0.224 e. The zero-order chi connectivity index (χ0) is 18.1. The molecule has 0 radical (unpaired) electrons. The van der Waals surface area contributed by atoms with E-state index in [0.717, 1.165) is 5.75 Å². The third-order valence-corrected chi connectivity index (χ3v) is 3.35. The summed E-state index contributed by atoms with van der Waals surface area (Å²) < 4.78 is 10.7. The van der Waals surface area contributed by atoms with E-state index in [1.165, 1.54) is 14.0 Å². The number of methoxy groups -OCH3 is 1. The predicted octanol–water partition coefficient (Wildman–Crippen LogP) is 3.45. The van der Waals surface area contributed by atoms with Crippen LogP contribution in [0.4, 0.5) is 11.4 Å². The van der Waals surface area contributed by atoms with E-state index in [0.29, 0.717) is 36.6 Å². The lowest BCUT2D eigenvalue weighted by atomic mass is 10.2. The first-order chi connectivity index (χ1) is 12.1. The summed E-state index contributed by atoms with van der Waals surface area (Å²) in [5.41, 5.74) is 1.11. The zero-order valence-electron chi connectivity index (χ0n) is 14.4. The monoisotopic (exact) mass is 342 g/mol. The molecule has 6 nitrogen and oxygen atoms in total. The molecule has 2 rings (SSSR count). The molecule has 6 heteroatoms. The van der Waals surface area contributed by atoms with E-state index in [-0.39, 0.29) is 11.8 Å². The molecule has 0 aromatic heterocycles. The van der Waals surface area contributed by atoms with Crippen LogP contribution in [-0.2, 0) is 9.59 Å². The first-order valence-corrected chi connectivity index (χ1v) is 8.02. The van der Waals surface area contributed by atoms with Crippen molar-refractivity contribution in [1.82, 2.24) is 0 Å². The second kappa shape index (κ2) is 9.32. The maximum absolute atomic E-state index is 12.0. The van der Waals surface area contributed by atoms with E-state index >= 15 is 0 Å². The van der Waals surface area contributed by atoms with Crippen LogP contribution in [0.25, 0.3) is 0 Å². The minimum Gasteiger partial charge on any atom is -0.495 e. The molecule has 0 atom stereocenters. The van der Waals surface area contributed by atoms with Gasteiger partial charge in [-0.15, -0.1) is 0 Å². The van der Waals surface area contributed by atoms with Gasteiger partial charge in [-0.2, -0.15) is 0 Å². The number of benzene rings is 2. The lowest BCUT2D eigenvalue weighted by Crippen LogP contribution is -2.13. The number of amides is 2.